The molecule has 5 nitrogen and oxygen atoms in total. The zero-order valence-corrected chi connectivity index (χ0v) is 50.6. The van der Waals surface area contributed by atoms with Crippen LogP contribution >= 0.6 is 0 Å². The van der Waals surface area contributed by atoms with Gasteiger partial charge in [-0.15, -0.1) is 0 Å². The van der Waals surface area contributed by atoms with E-state index >= 15 is 0 Å². The van der Waals surface area contributed by atoms with E-state index in [4.69, 9.17) is 9.47 Å². The van der Waals surface area contributed by atoms with E-state index in [0.717, 1.165) is 70.6 Å². The highest BCUT2D eigenvalue weighted by Crippen LogP contribution is 2.19. The van der Waals surface area contributed by atoms with Crippen molar-refractivity contribution in [1.29, 1.82) is 0 Å². The molecule has 1 N–H and O–H groups in total. The van der Waals surface area contributed by atoms with Crippen molar-refractivity contribution in [2.24, 2.45) is 0 Å². The molecule has 1 atom stereocenters. The minimum Gasteiger partial charge on any atom is -0.462 e. The third-order valence-corrected chi connectivity index (χ3v) is 15.4. The molecule has 75 heavy (non-hydrogen) atoms. The number of allylic oxidation sites excluding steroid dienone is 8. The molecule has 0 radical (unpaired) electrons. The van der Waals surface area contributed by atoms with Crippen LogP contribution in [0.1, 0.15) is 367 Å². The third-order valence-electron chi connectivity index (χ3n) is 15.4. The molecule has 0 amide bonds. The Hall–Kier alpha value is -2.14. The van der Waals surface area contributed by atoms with Crippen molar-refractivity contribution in [1.82, 2.24) is 0 Å². The lowest BCUT2D eigenvalue weighted by Crippen LogP contribution is -2.28. The topological polar surface area (TPSA) is 72.8 Å². The number of ether oxygens (including phenoxy) is 2. The second kappa shape index (κ2) is 66.1. The summed E-state index contributed by atoms with van der Waals surface area (Å²) >= 11 is 0. The molecular formula is C70H130O5. The third kappa shape index (κ3) is 64.3. The molecule has 0 aromatic heterocycles. The molecule has 0 bridgehead atoms. The molecule has 1 unspecified atom stereocenters. The number of esters is 2. The van der Waals surface area contributed by atoms with Crippen molar-refractivity contribution >= 4 is 11.9 Å². The summed E-state index contributed by atoms with van der Waals surface area (Å²) in [6.45, 7) is 4.07. The van der Waals surface area contributed by atoms with E-state index in [1.165, 1.54) is 270 Å². The van der Waals surface area contributed by atoms with Crippen molar-refractivity contribution < 1.29 is 24.2 Å². The Morgan fingerprint density at radius 1 is 0.320 bits per heavy atom. The van der Waals surface area contributed by atoms with Crippen LogP contribution in [0.15, 0.2) is 48.6 Å². The Balaban J connectivity index is 3.36. The fourth-order valence-corrected chi connectivity index (χ4v) is 10.4. The Bertz CT molecular complexity index is 1230. The number of rotatable bonds is 63. The van der Waals surface area contributed by atoms with Gasteiger partial charge in [0.2, 0.25) is 0 Å². The van der Waals surface area contributed by atoms with Crippen molar-refractivity contribution in [3.05, 3.63) is 48.6 Å². The van der Waals surface area contributed by atoms with Crippen LogP contribution in [0, 0.1) is 0 Å². The van der Waals surface area contributed by atoms with Crippen LogP contribution in [-0.2, 0) is 19.1 Å². The Morgan fingerprint density at radius 2 is 0.573 bits per heavy atom. The van der Waals surface area contributed by atoms with Gasteiger partial charge in [-0.2, -0.15) is 0 Å². The SMILES string of the molecule is CC/C=C\C/C=C\C/C=C\C/C=C\CCCCCCCCCCC(=O)OC(CO)COC(=O)CCCCCCCCCCCCCCCCCCCCCCCCCCCCCCCCCCCCCCCCCC. The van der Waals surface area contributed by atoms with E-state index in [1.807, 2.05) is 0 Å². The highest BCUT2D eigenvalue weighted by Gasteiger charge is 2.16. The summed E-state index contributed by atoms with van der Waals surface area (Å²) in [5.41, 5.74) is 0. The molecule has 0 aromatic carbocycles. The summed E-state index contributed by atoms with van der Waals surface area (Å²) in [6, 6.07) is 0. The molecule has 0 aromatic rings. The molecule has 440 valence electrons. The summed E-state index contributed by atoms with van der Waals surface area (Å²) < 4.78 is 10.7. The average Bonchev–Trinajstić information content (AvgIpc) is 3.41. The largest absolute Gasteiger partial charge is 0.462 e. The van der Waals surface area contributed by atoms with Crippen LogP contribution in [0.25, 0.3) is 0 Å². The minimum atomic E-state index is -0.777. The minimum absolute atomic E-state index is 0.0664. The number of hydrogen-bond acceptors (Lipinski definition) is 5. The van der Waals surface area contributed by atoms with Crippen molar-refractivity contribution in [2.45, 2.75) is 373 Å². The van der Waals surface area contributed by atoms with E-state index in [1.54, 1.807) is 0 Å². The lowest BCUT2D eigenvalue weighted by atomic mass is 10.0. The maximum atomic E-state index is 12.3. The van der Waals surface area contributed by atoms with Crippen molar-refractivity contribution in [3.8, 4) is 0 Å². The second-order valence-electron chi connectivity index (χ2n) is 22.9. The number of carbonyl (C=O) groups excluding carboxylic acids is 2. The molecule has 0 spiro atoms. The maximum Gasteiger partial charge on any atom is 0.306 e. The Kier molecular flexibility index (Phi) is 64.3. The van der Waals surface area contributed by atoms with Gasteiger partial charge in [0.15, 0.2) is 6.10 Å². The molecule has 0 aliphatic rings. The smallest absolute Gasteiger partial charge is 0.306 e. The highest BCUT2D eigenvalue weighted by atomic mass is 16.6. The second-order valence-corrected chi connectivity index (χ2v) is 22.9. The first-order valence-corrected chi connectivity index (χ1v) is 33.7. The molecule has 0 aliphatic heterocycles. The predicted molar refractivity (Wildman–Crippen MR) is 330 cm³/mol. The fraction of sp³-hybridized carbons (Fsp3) is 0.857. The van der Waals surface area contributed by atoms with Crippen LogP contribution in [-0.4, -0.2) is 36.4 Å². The zero-order chi connectivity index (χ0) is 54.1. The van der Waals surface area contributed by atoms with Crippen LogP contribution in [0.3, 0.4) is 0 Å². The molecule has 0 saturated heterocycles. The number of aliphatic hydroxyl groups is 1. The number of carbonyl (C=O) groups is 2. The molecule has 0 rings (SSSR count). The standard InChI is InChI=1S/C70H130O5/c1-3-5-7-9-11-13-15-17-19-21-23-25-26-27-28-29-30-31-32-33-34-35-36-37-38-39-40-41-42-43-45-46-48-50-52-54-56-58-60-62-64-69(72)74-67-68(66-71)75-70(73)65-63-61-59-57-55-53-51-49-47-44-24-22-20-18-16-14-12-10-8-6-4-2/h6,8,12,14,18,20,24,44,68,71H,3-5,7,9-11,13,15-17,19,21-23,25-43,45-67H2,1-2H3/b8-6-,14-12-,20-18-,44-24-. The maximum absolute atomic E-state index is 12.3. The van der Waals surface area contributed by atoms with E-state index in [-0.39, 0.29) is 25.2 Å². The van der Waals surface area contributed by atoms with E-state index < -0.39 is 6.10 Å². The zero-order valence-electron chi connectivity index (χ0n) is 50.6. The monoisotopic (exact) mass is 1050 g/mol. The van der Waals surface area contributed by atoms with Gasteiger partial charge < -0.3 is 14.6 Å². The predicted octanol–water partition coefficient (Wildman–Crippen LogP) is 23.2. The Labute approximate surface area is 469 Å². The van der Waals surface area contributed by atoms with E-state index in [9.17, 15) is 14.7 Å². The van der Waals surface area contributed by atoms with E-state index in [2.05, 4.69) is 62.5 Å². The van der Waals surface area contributed by atoms with Crippen molar-refractivity contribution in [2.75, 3.05) is 13.2 Å². The average molecular weight is 1050 g/mol. The lowest BCUT2D eigenvalue weighted by Gasteiger charge is -2.15. The number of unbranched alkanes of at least 4 members (excludes halogenated alkanes) is 47. The molecular weight excluding hydrogens is 921 g/mol. The van der Waals surface area contributed by atoms with Gasteiger partial charge in [-0.05, 0) is 51.4 Å². The van der Waals surface area contributed by atoms with Crippen LogP contribution in [0.2, 0.25) is 0 Å². The van der Waals surface area contributed by atoms with Gasteiger partial charge in [0.1, 0.15) is 6.61 Å². The first-order chi connectivity index (χ1) is 37.1. The van der Waals surface area contributed by atoms with Gasteiger partial charge in [0, 0.05) is 12.8 Å². The van der Waals surface area contributed by atoms with Gasteiger partial charge >= 0.3 is 11.9 Å². The van der Waals surface area contributed by atoms with Crippen molar-refractivity contribution in [3.63, 3.8) is 0 Å². The first kappa shape index (κ1) is 72.9. The molecule has 0 fully saturated rings. The van der Waals surface area contributed by atoms with Crippen LogP contribution in [0.4, 0.5) is 0 Å². The van der Waals surface area contributed by atoms with Crippen LogP contribution < -0.4 is 0 Å². The summed E-state index contributed by atoms with van der Waals surface area (Å²) in [7, 11) is 0. The summed E-state index contributed by atoms with van der Waals surface area (Å²) in [5.74, 6) is -0.584. The van der Waals surface area contributed by atoms with E-state index in [0.29, 0.717) is 12.8 Å². The molecule has 0 saturated carbocycles. The summed E-state index contributed by atoms with van der Waals surface area (Å²) in [4.78, 5) is 24.6. The first-order valence-electron chi connectivity index (χ1n) is 33.7. The molecule has 0 heterocycles. The Morgan fingerprint density at radius 3 is 0.867 bits per heavy atom. The fourth-order valence-electron chi connectivity index (χ4n) is 10.4. The van der Waals surface area contributed by atoms with Gasteiger partial charge in [0.25, 0.3) is 0 Å². The van der Waals surface area contributed by atoms with Crippen LogP contribution in [0.5, 0.6) is 0 Å². The molecule has 5 heteroatoms. The molecule has 0 aliphatic carbocycles. The van der Waals surface area contributed by atoms with Gasteiger partial charge in [-0.25, -0.2) is 0 Å². The van der Waals surface area contributed by atoms with Gasteiger partial charge in [-0.3, -0.25) is 9.59 Å². The highest BCUT2D eigenvalue weighted by molar-refractivity contribution is 5.70. The quantitative estimate of drug-likeness (QED) is 0.0373. The summed E-state index contributed by atoms with van der Waals surface area (Å²) in [5, 5.41) is 9.67. The van der Waals surface area contributed by atoms with Gasteiger partial charge in [-0.1, -0.05) is 351 Å². The lowest BCUT2D eigenvalue weighted by molar-refractivity contribution is -0.161. The summed E-state index contributed by atoms with van der Waals surface area (Å²) in [6.07, 6.45) is 88.7. The van der Waals surface area contributed by atoms with Gasteiger partial charge in [0.05, 0.1) is 6.61 Å². The number of hydrogen-bond donors (Lipinski definition) is 1. The number of aliphatic hydroxyl groups excluding tert-OH is 1. The normalized spacial score (nSPS) is 12.4.